The molecule has 0 unspecified atom stereocenters. The monoisotopic (exact) mass is 500 g/mol. The Bertz CT molecular complexity index is 1110. The lowest BCUT2D eigenvalue weighted by atomic mass is 9.75. The number of ether oxygens (including phenoxy) is 3. The molecule has 2 aromatic carbocycles. The van der Waals surface area contributed by atoms with Crippen LogP contribution in [0.3, 0.4) is 0 Å². The molecule has 4 rings (SSSR count). The summed E-state index contributed by atoms with van der Waals surface area (Å²) in [4.78, 5) is 26.2. The number of anilines is 2. The summed E-state index contributed by atoms with van der Waals surface area (Å²) >= 11 is 3.55. The van der Waals surface area contributed by atoms with Crippen molar-refractivity contribution in [3.05, 3.63) is 57.7 Å². The molecule has 8 heteroatoms. The first-order valence-electron chi connectivity index (χ1n) is 10.3. The Morgan fingerprint density at radius 1 is 1.09 bits per heavy atom. The molecular weight excluding hydrogens is 476 g/mol. The fourth-order valence-electron chi connectivity index (χ4n) is 4.49. The van der Waals surface area contributed by atoms with Crippen LogP contribution in [0.1, 0.15) is 24.9 Å². The first-order valence-corrected chi connectivity index (χ1v) is 11.1. The molecule has 0 saturated heterocycles. The number of fused-ring (bicyclic) bond motifs is 1. The van der Waals surface area contributed by atoms with Gasteiger partial charge in [-0.25, -0.2) is 0 Å². The molecule has 1 heterocycles. The van der Waals surface area contributed by atoms with E-state index in [9.17, 15) is 9.59 Å². The summed E-state index contributed by atoms with van der Waals surface area (Å²) in [5, 5.41) is 6.94. The zero-order valence-electron chi connectivity index (χ0n) is 18.3. The molecule has 0 amide bonds. The zero-order chi connectivity index (χ0) is 23.0. The van der Waals surface area contributed by atoms with E-state index < -0.39 is 17.9 Å². The molecule has 0 radical (unpaired) electrons. The van der Waals surface area contributed by atoms with Gasteiger partial charge in [0.15, 0.2) is 17.3 Å². The molecule has 2 N–H and O–H groups in total. The van der Waals surface area contributed by atoms with Gasteiger partial charge in [-0.1, -0.05) is 19.1 Å². The van der Waals surface area contributed by atoms with Crippen LogP contribution in [-0.2, 0) is 14.3 Å². The van der Waals surface area contributed by atoms with Crippen LogP contribution in [0, 0.1) is 11.8 Å². The van der Waals surface area contributed by atoms with Gasteiger partial charge < -0.3 is 24.8 Å². The number of allylic oxidation sites excluding steroid dienone is 1. The van der Waals surface area contributed by atoms with E-state index in [1.54, 1.807) is 14.2 Å². The fraction of sp³-hybridized carbons (Fsp3) is 0.333. The molecule has 3 atom stereocenters. The van der Waals surface area contributed by atoms with Crippen LogP contribution in [0.2, 0.25) is 0 Å². The van der Waals surface area contributed by atoms with E-state index in [0.29, 0.717) is 28.0 Å². The smallest absolute Gasteiger partial charge is 0.316 e. The van der Waals surface area contributed by atoms with E-state index >= 15 is 0 Å². The predicted octanol–water partition coefficient (Wildman–Crippen LogP) is 4.70. The molecule has 0 saturated carbocycles. The largest absolute Gasteiger partial charge is 0.493 e. The Morgan fingerprint density at radius 3 is 2.47 bits per heavy atom. The first kappa shape index (κ1) is 22.2. The Morgan fingerprint density at radius 2 is 1.81 bits per heavy atom. The number of halogens is 1. The number of hydrogen-bond donors (Lipinski definition) is 2. The van der Waals surface area contributed by atoms with Crippen molar-refractivity contribution in [1.29, 1.82) is 0 Å². The topological polar surface area (TPSA) is 85.9 Å². The fourth-order valence-corrected chi connectivity index (χ4v) is 5.11. The summed E-state index contributed by atoms with van der Waals surface area (Å²) in [6.07, 6.45) is 0.543. The van der Waals surface area contributed by atoms with Crippen LogP contribution in [0.4, 0.5) is 11.4 Å². The van der Waals surface area contributed by atoms with E-state index in [0.717, 1.165) is 22.6 Å². The van der Waals surface area contributed by atoms with Gasteiger partial charge in [0.2, 0.25) is 0 Å². The van der Waals surface area contributed by atoms with Crippen molar-refractivity contribution in [2.45, 2.75) is 19.4 Å². The highest BCUT2D eigenvalue weighted by Crippen LogP contribution is 2.46. The van der Waals surface area contributed by atoms with Gasteiger partial charge in [0.05, 0.1) is 43.2 Å². The highest BCUT2D eigenvalue weighted by Gasteiger charge is 2.44. The summed E-state index contributed by atoms with van der Waals surface area (Å²) in [5.74, 6) is -0.697. The number of carbonyl (C=O) groups is 2. The lowest BCUT2D eigenvalue weighted by Crippen LogP contribution is -2.39. The van der Waals surface area contributed by atoms with Crippen LogP contribution in [-0.4, -0.2) is 33.1 Å². The molecule has 0 aromatic heterocycles. The predicted molar refractivity (Wildman–Crippen MR) is 125 cm³/mol. The van der Waals surface area contributed by atoms with Crippen molar-refractivity contribution in [1.82, 2.24) is 0 Å². The molecule has 2 aromatic rings. The summed E-state index contributed by atoms with van der Waals surface area (Å²) in [7, 11) is 4.45. The Kier molecular flexibility index (Phi) is 6.15. The minimum atomic E-state index is -0.852. The van der Waals surface area contributed by atoms with E-state index in [1.165, 1.54) is 7.11 Å². The quantitative estimate of drug-likeness (QED) is 0.464. The number of benzene rings is 2. The van der Waals surface area contributed by atoms with E-state index in [1.807, 2.05) is 43.3 Å². The first-order chi connectivity index (χ1) is 15.4. The Labute approximate surface area is 195 Å². The maximum absolute atomic E-state index is 13.7. The number of para-hydroxylation sites is 2. The van der Waals surface area contributed by atoms with Crippen LogP contribution in [0.5, 0.6) is 11.5 Å². The second-order valence-corrected chi connectivity index (χ2v) is 8.78. The van der Waals surface area contributed by atoms with Crippen LogP contribution in [0.15, 0.2) is 52.1 Å². The van der Waals surface area contributed by atoms with E-state index in [2.05, 4.69) is 26.6 Å². The lowest BCUT2D eigenvalue weighted by Gasteiger charge is -2.32. The van der Waals surface area contributed by atoms with Gasteiger partial charge in [-0.15, -0.1) is 0 Å². The van der Waals surface area contributed by atoms with Crippen molar-refractivity contribution >= 4 is 39.1 Å². The molecule has 0 fully saturated rings. The summed E-state index contributed by atoms with van der Waals surface area (Å²) in [6, 6.07) is 11.0. The Hall–Kier alpha value is -3.00. The van der Waals surface area contributed by atoms with E-state index in [-0.39, 0.29) is 11.7 Å². The minimum absolute atomic E-state index is 0.191. The van der Waals surface area contributed by atoms with Gasteiger partial charge in [-0.05, 0) is 58.1 Å². The highest BCUT2D eigenvalue weighted by molar-refractivity contribution is 9.10. The van der Waals surface area contributed by atoms with Crippen LogP contribution >= 0.6 is 15.9 Å². The van der Waals surface area contributed by atoms with Gasteiger partial charge in [0.1, 0.15) is 5.92 Å². The average molecular weight is 501 g/mol. The average Bonchev–Trinajstić information content (AvgIpc) is 2.94. The van der Waals surface area contributed by atoms with E-state index in [4.69, 9.17) is 14.2 Å². The van der Waals surface area contributed by atoms with Crippen molar-refractivity contribution in [2.75, 3.05) is 32.0 Å². The van der Waals surface area contributed by atoms with Gasteiger partial charge in [-0.3, -0.25) is 9.59 Å². The molecule has 7 nitrogen and oxygen atoms in total. The third-order valence-corrected chi connectivity index (χ3v) is 6.60. The number of nitrogens with one attached hydrogen (secondary N) is 2. The van der Waals surface area contributed by atoms with Gasteiger partial charge >= 0.3 is 5.97 Å². The molecule has 32 heavy (non-hydrogen) atoms. The number of ketones is 1. The van der Waals surface area contributed by atoms with Crippen molar-refractivity contribution in [3.63, 3.8) is 0 Å². The van der Waals surface area contributed by atoms with Crippen LogP contribution in [0.25, 0.3) is 0 Å². The second-order valence-electron chi connectivity index (χ2n) is 7.92. The SMILES string of the molecule is COC(=O)[C@H]1C(=O)C2=C(C[C@H]1C)Nc1ccccc1N[C@H]2c1cc(Br)c(OC)c(OC)c1. The molecule has 0 spiro atoms. The molecular formula is C24H25BrN2O5. The maximum atomic E-state index is 13.7. The number of rotatable bonds is 4. The van der Waals surface area contributed by atoms with Gasteiger partial charge in [-0.2, -0.15) is 0 Å². The third kappa shape index (κ3) is 3.72. The normalized spacial score (nSPS) is 22.0. The Balaban J connectivity index is 1.91. The van der Waals surface area contributed by atoms with Crippen LogP contribution < -0.4 is 20.1 Å². The molecule has 1 aliphatic carbocycles. The number of methoxy groups -OCH3 is 3. The third-order valence-electron chi connectivity index (χ3n) is 6.01. The number of carbonyl (C=O) groups excluding carboxylic acids is 2. The minimum Gasteiger partial charge on any atom is -0.493 e. The summed E-state index contributed by atoms with van der Waals surface area (Å²) < 4.78 is 16.6. The number of esters is 1. The van der Waals surface area contributed by atoms with Crippen molar-refractivity contribution < 1.29 is 23.8 Å². The van der Waals surface area contributed by atoms with Gasteiger partial charge in [0, 0.05) is 11.3 Å². The second kappa shape index (κ2) is 8.86. The molecule has 1 aliphatic heterocycles. The molecule has 0 bridgehead atoms. The van der Waals surface area contributed by atoms with Crippen molar-refractivity contribution in [2.24, 2.45) is 11.8 Å². The standard InChI is InChI=1S/C24H25BrN2O5/c1-12-9-17-20(22(28)19(12)24(29)32-4)21(27-16-8-6-5-7-15(16)26-17)13-10-14(25)23(31-3)18(11-13)30-2/h5-8,10-12,19,21,26-27H,9H2,1-4H3/t12-,19-,21+/m1/s1. The summed E-state index contributed by atoms with van der Waals surface area (Å²) in [6.45, 7) is 1.90. The molecule has 168 valence electrons. The lowest BCUT2D eigenvalue weighted by molar-refractivity contribution is -0.151. The summed E-state index contributed by atoms with van der Waals surface area (Å²) in [5.41, 5.74) is 3.85. The van der Waals surface area contributed by atoms with Crippen molar-refractivity contribution in [3.8, 4) is 11.5 Å². The molecule has 2 aliphatic rings. The highest BCUT2D eigenvalue weighted by atomic mass is 79.9. The zero-order valence-corrected chi connectivity index (χ0v) is 19.9. The number of hydrogen-bond acceptors (Lipinski definition) is 7. The van der Waals surface area contributed by atoms with Gasteiger partial charge in [0.25, 0.3) is 0 Å². The number of Topliss-reactive ketones (excluding diaryl/α,β-unsaturated/α-hetero) is 1. The maximum Gasteiger partial charge on any atom is 0.316 e.